The van der Waals surface area contributed by atoms with E-state index in [-0.39, 0.29) is 0 Å². The Morgan fingerprint density at radius 2 is 2.07 bits per heavy atom. The van der Waals surface area contributed by atoms with E-state index in [9.17, 15) is 4.79 Å². The monoisotopic (exact) mass is 193 g/mol. The van der Waals surface area contributed by atoms with Crippen LogP contribution >= 0.6 is 0 Å². The van der Waals surface area contributed by atoms with E-state index in [1.807, 2.05) is 0 Å². The Bertz CT molecular complexity index is 306. The van der Waals surface area contributed by atoms with E-state index in [1.165, 1.54) is 12.8 Å². The van der Waals surface area contributed by atoms with Gasteiger partial charge >= 0.3 is 0 Å². The van der Waals surface area contributed by atoms with Crippen molar-refractivity contribution in [2.24, 2.45) is 0 Å². The zero-order valence-electron chi connectivity index (χ0n) is 9.45. The van der Waals surface area contributed by atoms with Crippen molar-refractivity contribution < 1.29 is 10.9 Å². The summed E-state index contributed by atoms with van der Waals surface area (Å²) in [5, 5.41) is 0. The van der Waals surface area contributed by atoms with Crippen molar-refractivity contribution in [3.8, 4) is 5.75 Å². The summed E-state index contributed by atoms with van der Waals surface area (Å²) in [7, 11) is 0. The largest absolute Gasteiger partial charge is 0.494 e. The van der Waals surface area contributed by atoms with Crippen molar-refractivity contribution in [3.05, 3.63) is 29.8 Å². The van der Waals surface area contributed by atoms with E-state index >= 15 is 0 Å². The zero-order chi connectivity index (χ0) is 11.1. The van der Waals surface area contributed by atoms with Crippen molar-refractivity contribution in [2.45, 2.75) is 26.2 Å². The van der Waals surface area contributed by atoms with Crippen LogP contribution in [0, 0.1) is 0 Å². The maximum atomic E-state index is 10.7. The molecule has 0 saturated carbocycles. The highest BCUT2D eigenvalue weighted by molar-refractivity contribution is 5.74. The second-order valence-corrected chi connectivity index (χ2v) is 3.18. The van der Waals surface area contributed by atoms with E-state index in [0.29, 0.717) is 12.2 Å². The fourth-order valence-electron chi connectivity index (χ4n) is 1.16. The zero-order valence-corrected chi connectivity index (χ0v) is 8.45. The first-order chi connectivity index (χ1) is 7.24. The van der Waals surface area contributed by atoms with Crippen LogP contribution in [-0.2, 0) is 0 Å². The highest BCUT2D eigenvalue weighted by Gasteiger charge is 1.93. The van der Waals surface area contributed by atoms with Gasteiger partial charge in [-0.15, -0.1) is 0 Å². The van der Waals surface area contributed by atoms with Crippen molar-refractivity contribution in [1.29, 1.82) is 0 Å². The van der Waals surface area contributed by atoms with Crippen molar-refractivity contribution >= 4 is 6.26 Å². The maximum Gasteiger partial charge on any atom is 0.150 e. The summed E-state index contributed by atoms with van der Waals surface area (Å²) in [6.45, 7) is 2.86. The van der Waals surface area contributed by atoms with Crippen LogP contribution in [0.15, 0.2) is 24.3 Å². The molecule has 0 saturated heterocycles. The van der Waals surface area contributed by atoms with Gasteiger partial charge in [-0.05, 0) is 30.7 Å². The molecule has 14 heavy (non-hydrogen) atoms. The second kappa shape index (κ2) is 6.19. The summed E-state index contributed by atoms with van der Waals surface area (Å²) >= 11 is 0. The van der Waals surface area contributed by atoms with Gasteiger partial charge in [0.1, 0.15) is 13.4 Å². The predicted molar refractivity (Wildman–Crippen MR) is 56.8 cm³/mol. The molecule has 0 atom stereocenters. The van der Waals surface area contributed by atoms with Gasteiger partial charge in [-0.3, -0.25) is 4.79 Å². The van der Waals surface area contributed by atoms with E-state index in [2.05, 4.69) is 6.92 Å². The molecule has 0 N–H and O–H groups in total. The molecule has 0 aliphatic heterocycles. The van der Waals surface area contributed by atoms with Gasteiger partial charge in [0.2, 0.25) is 0 Å². The Labute approximate surface area is 86.3 Å². The van der Waals surface area contributed by atoms with E-state index in [1.54, 1.807) is 24.3 Å². The summed E-state index contributed by atoms with van der Waals surface area (Å²) in [5.74, 6) is 0.760. The fraction of sp³-hybridized carbons (Fsp3) is 0.417. The summed E-state index contributed by atoms with van der Waals surface area (Å²) < 4.78 is 12.4. The highest BCUT2D eigenvalue weighted by atomic mass is 16.5. The molecule has 0 aliphatic carbocycles. The lowest BCUT2D eigenvalue weighted by molar-refractivity contribution is 0.112. The molecule has 2 heteroatoms. The molecule has 2 nitrogen and oxygen atoms in total. The number of carbonyl (C=O) groups is 1. The lowest BCUT2D eigenvalue weighted by Crippen LogP contribution is -1.96. The van der Waals surface area contributed by atoms with Gasteiger partial charge in [-0.1, -0.05) is 19.8 Å². The van der Waals surface area contributed by atoms with Gasteiger partial charge in [0, 0.05) is 5.56 Å². The van der Waals surface area contributed by atoms with Gasteiger partial charge in [0.05, 0.1) is 6.61 Å². The molecule has 0 radical (unpaired) electrons. The van der Waals surface area contributed by atoms with Crippen LogP contribution in [0.1, 0.15) is 37.9 Å². The Morgan fingerprint density at radius 3 is 2.64 bits per heavy atom. The third-order valence-corrected chi connectivity index (χ3v) is 1.99. The van der Waals surface area contributed by atoms with Crippen LogP contribution in [0.4, 0.5) is 0 Å². The van der Waals surface area contributed by atoms with Crippen molar-refractivity contribution in [2.75, 3.05) is 6.61 Å². The number of hydrogen-bond donors (Lipinski definition) is 0. The lowest BCUT2D eigenvalue weighted by atomic mass is 10.2. The second-order valence-electron chi connectivity index (χ2n) is 3.18. The topological polar surface area (TPSA) is 26.3 Å². The van der Waals surface area contributed by atoms with Gasteiger partial charge in [-0.25, -0.2) is 0 Å². The number of ether oxygens (including phenoxy) is 1. The number of benzene rings is 1. The first kappa shape index (κ1) is 9.25. The molecule has 0 fully saturated rings. The van der Waals surface area contributed by atoms with Crippen LogP contribution in [-0.4, -0.2) is 12.9 Å². The minimum Gasteiger partial charge on any atom is -0.494 e. The normalized spacial score (nSPS) is 10.8. The number of aldehydes is 1. The Kier molecular flexibility index (Phi) is 4.09. The van der Waals surface area contributed by atoms with E-state index in [0.717, 1.165) is 12.2 Å². The molecule has 1 aromatic rings. The Hall–Kier alpha value is -1.31. The molecule has 0 aliphatic rings. The first-order valence-electron chi connectivity index (χ1n) is 5.48. The Balaban J connectivity index is 2.39. The third-order valence-electron chi connectivity index (χ3n) is 1.99. The first-order valence-corrected chi connectivity index (χ1v) is 4.98. The quantitative estimate of drug-likeness (QED) is 0.512. The van der Waals surface area contributed by atoms with Gasteiger partial charge in [-0.2, -0.15) is 0 Å². The predicted octanol–water partition coefficient (Wildman–Crippen LogP) is 3.07. The molecule has 0 amide bonds. The fourth-order valence-corrected chi connectivity index (χ4v) is 1.16. The minimum atomic E-state index is -0.660. The van der Waals surface area contributed by atoms with Crippen LogP contribution < -0.4 is 4.74 Å². The minimum absolute atomic E-state index is 0.399. The van der Waals surface area contributed by atoms with Crippen LogP contribution in [0.25, 0.3) is 0 Å². The molecule has 1 aromatic carbocycles. The van der Waals surface area contributed by atoms with Crippen molar-refractivity contribution in [1.82, 2.24) is 0 Å². The average Bonchev–Trinajstić information content (AvgIpc) is 2.25. The Morgan fingerprint density at radius 1 is 1.36 bits per heavy atom. The smallest absolute Gasteiger partial charge is 0.150 e. The number of hydrogen-bond acceptors (Lipinski definition) is 2. The molecule has 0 heterocycles. The van der Waals surface area contributed by atoms with Gasteiger partial charge < -0.3 is 4.74 Å². The number of rotatable bonds is 6. The van der Waals surface area contributed by atoms with Gasteiger partial charge in [0.25, 0.3) is 0 Å². The molecular weight excluding hydrogens is 176 g/mol. The molecular formula is C12H16O2. The highest BCUT2D eigenvalue weighted by Crippen LogP contribution is 2.11. The van der Waals surface area contributed by atoms with Crippen LogP contribution in [0.3, 0.4) is 0 Å². The molecule has 76 valence electrons. The van der Waals surface area contributed by atoms with E-state index < -0.39 is 6.26 Å². The summed E-state index contributed by atoms with van der Waals surface area (Å²) in [6, 6.07) is 6.69. The van der Waals surface area contributed by atoms with Gasteiger partial charge in [0.15, 0.2) is 0 Å². The summed E-state index contributed by atoms with van der Waals surface area (Å²) in [4.78, 5) is 10.7. The lowest BCUT2D eigenvalue weighted by Gasteiger charge is -2.04. The molecule has 0 bridgehead atoms. The summed E-state index contributed by atoms with van der Waals surface area (Å²) in [6.07, 6.45) is 2.74. The molecule has 0 spiro atoms. The summed E-state index contributed by atoms with van der Waals surface area (Å²) in [5.41, 5.74) is 0.399. The molecule has 1 rings (SSSR count). The number of unbranched alkanes of at least 4 members (excludes halogenated alkanes) is 2. The number of carbonyl (C=O) groups excluding carboxylic acids is 1. The third kappa shape index (κ3) is 3.60. The molecule has 0 aromatic heterocycles. The van der Waals surface area contributed by atoms with Crippen LogP contribution in [0.5, 0.6) is 5.75 Å². The molecule has 0 unspecified atom stereocenters. The van der Waals surface area contributed by atoms with Crippen molar-refractivity contribution in [3.63, 3.8) is 0 Å². The van der Waals surface area contributed by atoms with Crippen LogP contribution in [0.2, 0.25) is 0 Å². The standard InChI is InChI=1S/C12H16O2/c1-2-3-4-9-14-12-7-5-11(10-13)6-8-12/h5-8,10H,2-4,9H2,1H3/i10D. The maximum absolute atomic E-state index is 10.7. The SMILES string of the molecule is [2H]C(=O)c1ccc(OCCCCC)cc1. The average molecular weight is 193 g/mol. The van der Waals surface area contributed by atoms with E-state index in [4.69, 9.17) is 6.11 Å².